The molecule has 1 saturated heterocycles. The van der Waals surface area contributed by atoms with Crippen LogP contribution < -0.4 is 10.6 Å². The van der Waals surface area contributed by atoms with Crippen LogP contribution in [0.1, 0.15) is 41.0 Å². The van der Waals surface area contributed by atoms with E-state index in [2.05, 4.69) is 74.6 Å². The van der Waals surface area contributed by atoms with Crippen molar-refractivity contribution >= 4 is 28.9 Å². The van der Waals surface area contributed by atoms with E-state index in [0.29, 0.717) is 18.1 Å². The van der Waals surface area contributed by atoms with Crippen LogP contribution in [0.25, 0.3) is 5.69 Å². The summed E-state index contributed by atoms with van der Waals surface area (Å²) in [6.45, 7) is 4.60. The van der Waals surface area contributed by atoms with Gasteiger partial charge in [0.05, 0.1) is 17.8 Å². The number of aryl methyl sites for hydroxylation is 2. The molecule has 1 fully saturated rings. The number of benzene rings is 2. The number of carbonyl (C=O) groups excluding carboxylic acids is 1. The van der Waals surface area contributed by atoms with Gasteiger partial charge in [0.15, 0.2) is 5.11 Å². The number of hydrogen-bond acceptors (Lipinski definition) is 3. The zero-order valence-corrected chi connectivity index (χ0v) is 21.2. The Morgan fingerprint density at radius 2 is 1.83 bits per heavy atom. The van der Waals surface area contributed by atoms with Crippen LogP contribution in [0.4, 0.5) is 5.69 Å². The zero-order valence-electron chi connectivity index (χ0n) is 20.4. The lowest BCUT2D eigenvalue weighted by molar-refractivity contribution is -0.116. The average Bonchev–Trinajstić information content (AvgIpc) is 3.49. The van der Waals surface area contributed by atoms with Crippen LogP contribution in [0.15, 0.2) is 91.3 Å². The summed E-state index contributed by atoms with van der Waals surface area (Å²) < 4.78 is 2.20. The highest BCUT2D eigenvalue weighted by atomic mass is 32.1. The van der Waals surface area contributed by atoms with Gasteiger partial charge in [0.2, 0.25) is 5.91 Å². The fourth-order valence-corrected chi connectivity index (χ4v) is 5.03. The Balaban J connectivity index is 1.44. The maximum atomic E-state index is 12.8. The largest absolute Gasteiger partial charge is 0.352 e. The number of nitrogens with one attached hydrogen (secondary N) is 2. The molecule has 182 valence electrons. The number of thiocarbonyl (C=S) groups is 1. The minimum absolute atomic E-state index is 0.0456. The Morgan fingerprint density at radius 3 is 2.58 bits per heavy atom. The molecule has 6 nitrogen and oxygen atoms in total. The van der Waals surface area contributed by atoms with E-state index in [-0.39, 0.29) is 18.0 Å². The summed E-state index contributed by atoms with van der Waals surface area (Å²) in [6, 6.07) is 26.1. The van der Waals surface area contributed by atoms with Crippen molar-refractivity contribution in [3.8, 4) is 5.69 Å². The number of anilines is 1. The number of aromatic nitrogens is 2. The van der Waals surface area contributed by atoms with Gasteiger partial charge >= 0.3 is 0 Å². The highest BCUT2D eigenvalue weighted by Gasteiger charge is 2.41. The summed E-state index contributed by atoms with van der Waals surface area (Å²) in [7, 11) is 0. The molecule has 0 unspecified atom stereocenters. The molecule has 1 amide bonds. The van der Waals surface area contributed by atoms with Gasteiger partial charge in [-0.2, -0.15) is 0 Å². The quantitative estimate of drug-likeness (QED) is 0.332. The molecule has 2 aromatic carbocycles. The van der Waals surface area contributed by atoms with Crippen molar-refractivity contribution in [3.05, 3.63) is 114 Å². The molecule has 0 spiro atoms. The van der Waals surface area contributed by atoms with Crippen molar-refractivity contribution in [3.63, 3.8) is 0 Å². The molecule has 0 radical (unpaired) electrons. The van der Waals surface area contributed by atoms with E-state index in [4.69, 9.17) is 12.2 Å². The van der Waals surface area contributed by atoms with Crippen LogP contribution in [-0.2, 0) is 4.79 Å². The van der Waals surface area contributed by atoms with E-state index < -0.39 is 0 Å². The monoisotopic (exact) mass is 495 g/mol. The van der Waals surface area contributed by atoms with Gasteiger partial charge in [0.25, 0.3) is 0 Å². The number of amides is 1. The zero-order chi connectivity index (χ0) is 25.1. The summed E-state index contributed by atoms with van der Waals surface area (Å²) in [4.78, 5) is 19.6. The van der Waals surface area contributed by atoms with Crippen LogP contribution in [-0.4, -0.2) is 32.0 Å². The minimum Gasteiger partial charge on any atom is -0.352 e. The lowest BCUT2D eigenvalue weighted by atomic mass is 10.0. The number of nitrogens with zero attached hydrogens (tertiary/aromatic N) is 3. The first kappa shape index (κ1) is 23.8. The van der Waals surface area contributed by atoms with Crippen molar-refractivity contribution in [2.45, 2.75) is 32.4 Å². The summed E-state index contributed by atoms with van der Waals surface area (Å²) in [5, 5.41) is 7.10. The molecular formula is C29H29N5OS. The first-order valence-corrected chi connectivity index (χ1v) is 12.5. The van der Waals surface area contributed by atoms with E-state index in [1.165, 1.54) is 5.56 Å². The average molecular weight is 496 g/mol. The third kappa shape index (κ3) is 5.02. The fourth-order valence-electron chi connectivity index (χ4n) is 4.70. The van der Waals surface area contributed by atoms with Crippen molar-refractivity contribution in [2.24, 2.45) is 0 Å². The van der Waals surface area contributed by atoms with Gasteiger partial charge < -0.3 is 20.1 Å². The van der Waals surface area contributed by atoms with E-state index in [9.17, 15) is 4.79 Å². The van der Waals surface area contributed by atoms with Gasteiger partial charge in [0, 0.05) is 42.4 Å². The molecule has 0 aliphatic carbocycles. The first-order chi connectivity index (χ1) is 17.5. The summed E-state index contributed by atoms with van der Waals surface area (Å²) in [5.74, 6) is -0.0456. The highest BCUT2D eigenvalue weighted by Crippen LogP contribution is 2.39. The second-order valence-electron chi connectivity index (χ2n) is 9.13. The summed E-state index contributed by atoms with van der Waals surface area (Å²) in [6.07, 6.45) is 4.18. The van der Waals surface area contributed by atoms with Crippen LogP contribution >= 0.6 is 12.2 Å². The van der Waals surface area contributed by atoms with Gasteiger partial charge in [-0.05, 0) is 80.2 Å². The van der Waals surface area contributed by atoms with Crippen molar-refractivity contribution < 1.29 is 4.79 Å². The Labute approximate surface area is 217 Å². The molecule has 7 heteroatoms. The fraction of sp³-hybridized carbons (Fsp3) is 0.207. The Morgan fingerprint density at radius 1 is 1.00 bits per heavy atom. The molecule has 2 atom stereocenters. The molecule has 36 heavy (non-hydrogen) atoms. The second-order valence-corrected chi connectivity index (χ2v) is 9.51. The predicted octanol–water partition coefficient (Wildman–Crippen LogP) is 5.49. The SMILES string of the molecule is Cc1ccc(NC(=O)CCN2C(=S)N[C@@H](c3ccccn3)[C@H]2c2cccn2-c2cccc(C)c2)cc1. The Kier molecular flexibility index (Phi) is 6.82. The third-order valence-electron chi connectivity index (χ3n) is 6.48. The van der Waals surface area contributed by atoms with E-state index >= 15 is 0 Å². The first-order valence-electron chi connectivity index (χ1n) is 12.1. The van der Waals surface area contributed by atoms with Crippen molar-refractivity contribution in [1.29, 1.82) is 0 Å². The topological polar surface area (TPSA) is 62.2 Å². The molecule has 1 aliphatic rings. The maximum Gasteiger partial charge on any atom is 0.226 e. The molecule has 4 aromatic rings. The molecule has 2 N–H and O–H groups in total. The van der Waals surface area contributed by atoms with Crippen LogP contribution in [0.5, 0.6) is 0 Å². The van der Waals surface area contributed by atoms with Gasteiger partial charge in [0.1, 0.15) is 0 Å². The molecule has 5 rings (SSSR count). The van der Waals surface area contributed by atoms with E-state index in [1.807, 2.05) is 49.4 Å². The normalized spacial score (nSPS) is 17.2. The summed E-state index contributed by atoms with van der Waals surface area (Å²) in [5.41, 5.74) is 6.23. The third-order valence-corrected chi connectivity index (χ3v) is 6.83. The number of pyridine rings is 1. The highest BCUT2D eigenvalue weighted by molar-refractivity contribution is 7.80. The van der Waals surface area contributed by atoms with Crippen LogP contribution in [0, 0.1) is 13.8 Å². The number of carbonyl (C=O) groups is 1. The molecule has 3 heterocycles. The predicted molar refractivity (Wildman–Crippen MR) is 147 cm³/mol. The van der Waals surface area contributed by atoms with Crippen molar-refractivity contribution in [1.82, 2.24) is 19.8 Å². The van der Waals surface area contributed by atoms with Crippen LogP contribution in [0.2, 0.25) is 0 Å². The van der Waals surface area contributed by atoms with Gasteiger partial charge in [-0.25, -0.2) is 0 Å². The second kappa shape index (κ2) is 10.3. The minimum atomic E-state index is -0.141. The van der Waals surface area contributed by atoms with E-state index in [1.54, 1.807) is 6.20 Å². The van der Waals surface area contributed by atoms with Crippen LogP contribution in [0.3, 0.4) is 0 Å². The molecule has 2 aromatic heterocycles. The van der Waals surface area contributed by atoms with Gasteiger partial charge in [-0.1, -0.05) is 35.9 Å². The van der Waals surface area contributed by atoms with E-state index in [0.717, 1.165) is 28.3 Å². The number of rotatable bonds is 7. The molecular weight excluding hydrogens is 466 g/mol. The lowest BCUT2D eigenvalue weighted by Crippen LogP contribution is -2.33. The van der Waals surface area contributed by atoms with Gasteiger partial charge in [-0.3, -0.25) is 9.78 Å². The number of hydrogen-bond donors (Lipinski definition) is 2. The Hall–Kier alpha value is -3.97. The molecule has 0 saturated carbocycles. The Bertz CT molecular complexity index is 1370. The smallest absolute Gasteiger partial charge is 0.226 e. The standard InChI is InChI=1S/C29H29N5OS/c1-20-11-13-22(14-12-20)31-26(35)15-18-34-28(27(32-29(34)36)24-9-3-4-16-30-24)25-10-6-17-33(25)23-8-5-7-21(2)19-23/h3-14,16-17,19,27-28H,15,18H2,1-2H3,(H,31,35)(H,32,36)/t27-,28+/m0/s1. The van der Waals surface area contributed by atoms with Gasteiger partial charge in [-0.15, -0.1) is 0 Å². The molecule has 0 bridgehead atoms. The molecule has 1 aliphatic heterocycles. The maximum absolute atomic E-state index is 12.8. The lowest BCUT2D eigenvalue weighted by Gasteiger charge is -2.29. The van der Waals surface area contributed by atoms with Crippen molar-refractivity contribution in [2.75, 3.05) is 11.9 Å². The summed E-state index contributed by atoms with van der Waals surface area (Å²) >= 11 is 5.79.